The second kappa shape index (κ2) is 6.93. The lowest BCUT2D eigenvalue weighted by Gasteiger charge is -2.35. The summed E-state index contributed by atoms with van der Waals surface area (Å²) in [4.78, 5) is 3.71. The van der Waals surface area contributed by atoms with Crippen molar-refractivity contribution in [3.05, 3.63) is 56.7 Å². The minimum absolute atomic E-state index is 0.0714. The highest BCUT2D eigenvalue weighted by Crippen LogP contribution is 2.35. The van der Waals surface area contributed by atoms with E-state index in [4.69, 9.17) is 17.3 Å². The molecule has 0 radical (unpaired) electrons. The highest BCUT2D eigenvalue weighted by atomic mass is 35.5. The van der Waals surface area contributed by atoms with Gasteiger partial charge in [-0.3, -0.25) is 4.90 Å². The van der Waals surface area contributed by atoms with Crippen molar-refractivity contribution < 1.29 is 0 Å². The zero-order chi connectivity index (χ0) is 15.6. The molecule has 114 valence electrons. The lowest BCUT2D eigenvalue weighted by molar-refractivity contribution is 0.168. The Balaban J connectivity index is 2.28. The predicted molar refractivity (Wildman–Crippen MR) is 93.1 cm³/mol. The molecule has 0 aliphatic rings. The third-order valence-corrected chi connectivity index (χ3v) is 5.41. The minimum atomic E-state index is 0.0714. The maximum absolute atomic E-state index is 6.28. The maximum Gasteiger partial charge on any atom is 0.0595 e. The van der Waals surface area contributed by atoms with Crippen LogP contribution in [0, 0.1) is 6.92 Å². The number of hydrogen-bond acceptors (Lipinski definition) is 3. The summed E-state index contributed by atoms with van der Waals surface area (Å²) < 4.78 is 0. The molecule has 0 fully saturated rings. The van der Waals surface area contributed by atoms with E-state index < -0.39 is 0 Å². The summed E-state index contributed by atoms with van der Waals surface area (Å²) in [5.74, 6) is 0. The molecule has 21 heavy (non-hydrogen) atoms. The van der Waals surface area contributed by atoms with Crippen LogP contribution in [0.1, 0.15) is 41.9 Å². The van der Waals surface area contributed by atoms with Gasteiger partial charge in [0, 0.05) is 22.0 Å². The summed E-state index contributed by atoms with van der Waals surface area (Å²) in [6.45, 7) is 6.44. The monoisotopic (exact) mass is 322 g/mol. The molecule has 4 heteroatoms. The number of nitrogens with zero attached hydrogens (tertiary/aromatic N) is 1. The van der Waals surface area contributed by atoms with Crippen molar-refractivity contribution in [3.8, 4) is 0 Å². The second-order valence-corrected chi connectivity index (χ2v) is 7.05. The highest BCUT2D eigenvalue weighted by molar-refractivity contribution is 7.10. The normalized spacial score (nSPS) is 16.0. The van der Waals surface area contributed by atoms with Gasteiger partial charge in [0.05, 0.1) is 6.04 Å². The third kappa shape index (κ3) is 3.67. The van der Waals surface area contributed by atoms with Crippen LogP contribution < -0.4 is 5.73 Å². The Morgan fingerprint density at radius 1 is 1.14 bits per heavy atom. The number of rotatable bonds is 5. The molecule has 3 atom stereocenters. The van der Waals surface area contributed by atoms with Crippen molar-refractivity contribution in [2.24, 2.45) is 5.73 Å². The van der Waals surface area contributed by atoms with Gasteiger partial charge in [-0.1, -0.05) is 23.7 Å². The summed E-state index contributed by atoms with van der Waals surface area (Å²) in [6.07, 6.45) is 0. The largest absolute Gasteiger partial charge is 0.326 e. The number of nitrogens with two attached hydrogens (primary N) is 1. The van der Waals surface area contributed by atoms with Gasteiger partial charge >= 0.3 is 0 Å². The van der Waals surface area contributed by atoms with E-state index in [1.54, 1.807) is 11.3 Å². The van der Waals surface area contributed by atoms with Gasteiger partial charge in [-0.2, -0.15) is 0 Å². The number of thiophene rings is 1. The van der Waals surface area contributed by atoms with Crippen molar-refractivity contribution in [1.29, 1.82) is 0 Å². The number of halogens is 1. The fourth-order valence-electron chi connectivity index (χ4n) is 2.70. The molecular formula is C17H23ClN2S. The first-order valence-corrected chi connectivity index (χ1v) is 8.44. The van der Waals surface area contributed by atoms with Crippen LogP contribution in [0.2, 0.25) is 5.02 Å². The van der Waals surface area contributed by atoms with E-state index in [1.165, 1.54) is 16.0 Å². The molecule has 3 unspecified atom stereocenters. The number of hydrogen-bond donors (Lipinski definition) is 1. The topological polar surface area (TPSA) is 29.3 Å². The lowest BCUT2D eigenvalue weighted by Crippen LogP contribution is -2.38. The van der Waals surface area contributed by atoms with Crippen molar-refractivity contribution >= 4 is 22.9 Å². The molecule has 2 nitrogen and oxygen atoms in total. The van der Waals surface area contributed by atoms with Gasteiger partial charge in [-0.15, -0.1) is 11.3 Å². The quantitative estimate of drug-likeness (QED) is 0.857. The summed E-state index contributed by atoms with van der Waals surface area (Å²) in [6, 6.07) is 10.8. The number of aryl methyl sites for hydroxylation is 1. The fraction of sp³-hybridized carbons (Fsp3) is 0.412. The minimum Gasteiger partial charge on any atom is -0.326 e. The molecule has 1 heterocycles. The molecule has 0 saturated heterocycles. The molecule has 1 aromatic heterocycles. The average molecular weight is 323 g/mol. The Labute approximate surface area is 136 Å². The molecule has 0 amide bonds. The van der Waals surface area contributed by atoms with Gasteiger partial charge in [0.1, 0.15) is 0 Å². The molecule has 0 aliphatic carbocycles. The first kappa shape index (κ1) is 16.5. The Hall–Kier alpha value is -0.870. The van der Waals surface area contributed by atoms with Crippen LogP contribution in [0.3, 0.4) is 0 Å². The van der Waals surface area contributed by atoms with E-state index in [1.807, 2.05) is 12.1 Å². The van der Waals surface area contributed by atoms with Crippen LogP contribution in [0.4, 0.5) is 0 Å². The van der Waals surface area contributed by atoms with E-state index in [9.17, 15) is 0 Å². The Kier molecular flexibility index (Phi) is 5.44. The van der Waals surface area contributed by atoms with E-state index in [-0.39, 0.29) is 18.1 Å². The van der Waals surface area contributed by atoms with Gasteiger partial charge in [0.15, 0.2) is 0 Å². The second-order valence-electron chi connectivity index (χ2n) is 5.66. The first-order valence-electron chi connectivity index (χ1n) is 7.18. The Bertz CT molecular complexity index is 577. The van der Waals surface area contributed by atoms with Crippen molar-refractivity contribution in [3.63, 3.8) is 0 Å². The predicted octanol–water partition coefficient (Wildman–Crippen LogP) is 4.79. The van der Waals surface area contributed by atoms with E-state index in [0.717, 1.165) is 5.02 Å². The van der Waals surface area contributed by atoms with Gasteiger partial charge in [-0.05, 0) is 62.5 Å². The summed E-state index contributed by atoms with van der Waals surface area (Å²) in [5.41, 5.74) is 8.85. The summed E-state index contributed by atoms with van der Waals surface area (Å²) >= 11 is 7.77. The molecule has 1 aromatic carbocycles. The fourth-order valence-corrected chi connectivity index (χ4v) is 4.02. The molecule has 0 spiro atoms. The Morgan fingerprint density at radius 2 is 1.76 bits per heavy atom. The zero-order valence-electron chi connectivity index (χ0n) is 13.0. The van der Waals surface area contributed by atoms with Crippen LogP contribution in [0.25, 0.3) is 0 Å². The number of benzene rings is 1. The summed E-state index contributed by atoms with van der Waals surface area (Å²) in [7, 11) is 2.15. The summed E-state index contributed by atoms with van der Waals surface area (Å²) in [5, 5.41) is 2.91. The van der Waals surface area contributed by atoms with Crippen molar-refractivity contribution in [1.82, 2.24) is 4.90 Å². The highest BCUT2D eigenvalue weighted by Gasteiger charge is 2.27. The van der Waals surface area contributed by atoms with Crippen LogP contribution in [-0.4, -0.2) is 18.0 Å². The van der Waals surface area contributed by atoms with Crippen LogP contribution >= 0.6 is 22.9 Å². The van der Waals surface area contributed by atoms with Crippen molar-refractivity contribution in [2.45, 2.75) is 38.9 Å². The average Bonchev–Trinajstić information content (AvgIpc) is 2.85. The zero-order valence-corrected chi connectivity index (χ0v) is 14.6. The van der Waals surface area contributed by atoms with Gasteiger partial charge in [-0.25, -0.2) is 0 Å². The van der Waals surface area contributed by atoms with Gasteiger partial charge < -0.3 is 5.73 Å². The number of likely N-dealkylation sites (N-methyl/N-ethyl adjacent to an activating group) is 1. The van der Waals surface area contributed by atoms with E-state index in [0.29, 0.717) is 0 Å². The van der Waals surface area contributed by atoms with Crippen molar-refractivity contribution in [2.75, 3.05) is 7.05 Å². The molecular weight excluding hydrogens is 300 g/mol. The lowest BCUT2D eigenvalue weighted by atomic mass is 10.00. The first-order chi connectivity index (χ1) is 9.91. The molecule has 2 aromatic rings. The van der Waals surface area contributed by atoms with Crippen LogP contribution in [0.5, 0.6) is 0 Å². The van der Waals surface area contributed by atoms with Crippen LogP contribution in [0.15, 0.2) is 35.7 Å². The standard InChI is InChI=1S/C17H23ClN2S/c1-11-9-10-21-17(11)16(12(2)19)20(4)13(3)14-5-7-15(18)8-6-14/h5-10,12-13,16H,19H2,1-4H3. The molecule has 0 saturated carbocycles. The maximum atomic E-state index is 6.28. The Morgan fingerprint density at radius 3 is 2.24 bits per heavy atom. The molecule has 0 aliphatic heterocycles. The smallest absolute Gasteiger partial charge is 0.0595 e. The molecule has 2 N–H and O–H groups in total. The van der Waals surface area contributed by atoms with E-state index in [2.05, 4.69) is 56.3 Å². The SMILES string of the molecule is Cc1ccsc1C(C(C)N)N(C)C(C)c1ccc(Cl)cc1. The van der Waals surface area contributed by atoms with Gasteiger partial charge in [0.25, 0.3) is 0 Å². The third-order valence-electron chi connectivity index (χ3n) is 4.07. The molecule has 2 rings (SSSR count). The van der Waals surface area contributed by atoms with E-state index >= 15 is 0 Å². The van der Waals surface area contributed by atoms with Gasteiger partial charge in [0.2, 0.25) is 0 Å². The molecule has 0 bridgehead atoms. The van der Waals surface area contributed by atoms with Crippen LogP contribution in [-0.2, 0) is 0 Å².